The number of hydrogen-bond acceptors (Lipinski definition) is 6. The lowest BCUT2D eigenvalue weighted by Gasteiger charge is -2.35. The summed E-state index contributed by atoms with van der Waals surface area (Å²) in [6.07, 6.45) is 0. The number of nitrogens with zero attached hydrogens (tertiary/aromatic N) is 4. The molecule has 5 nitrogen and oxygen atoms in total. The molecule has 108 valence electrons. The van der Waals surface area contributed by atoms with Gasteiger partial charge in [0.2, 0.25) is 0 Å². The average molecular weight is 331 g/mol. The second kappa shape index (κ2) is 5.91. The smallest absolute Gasteiger partial charge is 0.267 e. The van der Waals surface area contributed by atoms with Gasteiger partial charge in [-0.15, -0.1) is 11.3 Å². The molecular formula is C12H15ClN4OS2. The van der Waals surface area contributed by atoms with Crippen LogP contribution in [0.3, 0.4) is 0 Å². The van der Waals surface area contributed by atoms with Gasteiger partial charge in [-0.3, -0.25) is 9.79 Å². The first-order valence-corrected chi connectivity index (χ1v) is 8.63. The van der Waals surface area contributed by atoms with E-state index in [0.29, 0.717) is 28.4 Å². The molecule has 3 heterocycles. The Bertz CT molecular complexity index is 539. The molecule has 8 heteroatoms. The lowest BCUT2D eigenvalue weighted by atomic mass is 10.3. The van der Waals surface area contributed by atoms with Crippen LogP contribution in [-0.4, -0.2) is 63.8 Å². The van der Waals surface area contributed by atoms with Gasteiger partial charge in [0.05, 0.1) is 12.1 Å². The predicted octanol–water partition coefficient (Wildman–Crippen LogP) is 2.05. The normalized spacial score (nSPS) is 23.1. The van der Waals surface area contributed by atoms with E-state index in [4.69, 9.17) is 11.6 Å². The van der Waals surface area contributed by atoms with Crippen LogP contribution in [0, 0.1) is 0 Å². The summed E-state index contributed by atoms with van der Waals surface area (Å²) in [6.45, 7) is 6.17. The minimum absolute atomic E-state index is 0.00784. The van der Waals surface area contributed by atoms with Gasteiger partial charge in [-0.1, -0.05) is 30.3 Å². The van der Waals surface area contributed by atoms with Crippen LogP contribution in [0.1, 0.15) is 16.6 Å². The number of aromatic nitrogens is 1. The third-order valence-electron chi connectivity index (χ3n) is 3.35. The zero-order valence-corrected chi connectivity index (χ0v) is 13.5. The molecule has 1 atom stereocenters. The zero-order chi connectivity index (χ0) is 14.1. The van der Waals surface area contributed by atoms with Crippen LogP contribution in [0.4, 0.5) is 0 Å². The summed E-state index contributed by atoms with van der Waals surface area (Å²) in [5.74, 6) is -0.00784. The summed E-state index contributed by atoms with van der Waals surface area (Å²) in [5, 5.41) is 2.01. The van der Waals surface area contributed by atoms with Crippen LogP contribution in [0.2, 0.25) is 5.15 Å². The first kappa shape index (κ1) is 14.2. The maximum Gasteiger partial charge on any atom is 0.267 e. The molecule has 0 radical (unpaired) electrons. The minimum Gasteiger partial charge on any atom is -0.348 e. The van der Waals surface area contributed by atoms with E-state index in [2.05, 4.69) is 21.8 Å². The maximum atomic E-state index is 12.3. The lowest BCUT2D eigenvalue weighted by Crippen LogP contribution is -2.49. The van der Waals surface area contributed by atoms with Crippen LogP contribution in [0.15, 0.2) is 10.5 Å². The number of carbonyl (C=O) groups excluding carboxylic acids is 1. The van der Waals surface area contributed by atoms with Gasteiger partial charge in [0.15, 0.2) is 10.3 Å². The van der Waals surface area contributed by atoms with Gasteiger partial charge in [-0.2, -0.15) is 0 Å². The molecule has 0 spiro atoms. The average Bonchev–Trinajstić information content (AvgIpc) is 3.07. The molecular weight excluding hydrogens is 316 g/mol. The van der Waals surface area contributed by atoms with Gasteiger partial charge in [0.1, 0.15) is 4.88 Å². The van der Waals surface area contributed by atoms with Crippen molar-refractivity contribution in [3.8, 4) is 0 Å². The number of amidine groups is 1. The number of amides is 1. The molecule has 0 N–H and O–H groups in total. The Kier molecular flexibility index (Phi) is 4.18. The molecule has 0 bridgehead atoms. The van der Waals surface area contributed by atoms with Crippen LogP contribution in [0.25, 0.3) is 0 Å². The number of rotatable bonds is 1. The number of thiazole rings is 1. The summed E-state index contributed by atoms with van der Waals surface area (Å²) in [4.78, 5) is 25.4. The summed E-state index contributed by atoms with van der Waals surface area (Å²) in [7, 11) is 0. The van der Waals surface area contributed by atoms with Crippen LogP contribution in [0.5, 0.6) is 0 Å². The number of thioether (sulfide) groups is 1. The largest absolute Gasteiger partial charge is 0.348 e. The zero-order valence-electron chi connectivity index (χ0n) is 11.1. The Morgan fingerprint density at radius 2 is 2.15 bits per heavy atom. The van der Waals surface area contributed by atoms with Crippen molar-refractivity contribution in [3.63, 3.8) is 0 Å². The van der Waals surface area contributed by atoms with Gasteiger partial charge in [0, 0.05) is 31.4 Å². The van der Waals surface area contributed by atoms with E-state index < -0.39 is 0 Å². The molecule has 1 aromatic heterocycles. The van der Waals surface area contributed by atoms with Crippen molar-refractivity contribution in [2.24, 2.45) is 4.99 Å². The Morgan fingerprint density at radius 1 is 1.40 bits per heavy atom. The fourth-order valence-corrected chi connectivity index (χ4v) is 4.21. The first-order chi connectivity index (χ1) is 9.65. The van der Waals surface area contributed by atoms with E-state index in [9.17, 15) is 4.79 Å². The second-order valence-electron chi connectivity index (χ2n) is 4.80. The van der Waals surface area contributed by atoms with Crippen LogP contribution >= 0.6 is 34.7 Å². The van der Waals surface area contributed by atoms with Crippen LogP contribution < -0.4 is 0 Å². The van der Waals surface area contributed by atoms with Crippen molar-refractivity contribution in [3.05, 3.63) is 15.5 Å². The summed E-state index contributed by atoms with van der Waals surface area (Å²) >= 11 is 9.05. The number of aliphatic imine (C=N–C) groups is 1. The van der Waals surface area contributed by atoms with E-state index in [-0.39, 0.29) is 5.91 Å². The van der Waals surface area contributed by atoms with Gasteiger partial charge < -0.3 is 9.80 Å². The standard InChI is InChI=1S/C12H15ClN4OS2/c1-8-6-14-12(20-8)17-4-2-16(3-5-17)11(18)9-10(13)15-7-19-9/h7-8H,2-6H2,1H3/t8-/m1/s1. The Balaban J connectivity index is 1.59. The topological polar surface area (TPSA) is 48.8 Å². The van der Waals surface area contributed by atoms with Gasteiger partial charge in [-0.05, 0) is 0 Å². The molecule has 1 fully saturated rings. The molecule has 20 heavy (non-hydrogen) atoms. The van der Waals surface area contributed by atoms with Crippen LogP contribution in [-0.2, 0) is 0 Å². The Labute approximate surface area is 131 Å². The number of piperazine rings is 1. The van der Waals surface area contributed by atoms with E-state index >= 15 is 0 Å². The molecule has 0 unspecified atom stereocenters. The highest BCUT2D eigenvalue weighted by atomic mass is 35.5. The van der Waals surface area contributed by atoms with E-state index in [1.54, 1.807) is 5.51 Å². The summed E-state index contributed by atoms with van der Waals surface area (Å²) in [6, 6.07) is 0. The predicted molar refractivity (Wildman–Crippen MR) is 84.0 cm³/mol. The molecule has 1 amide bonds. The Hall–Kier alpha value is -0.790. The lowest BCUT2D eigenvalue weighted by molar-refractivity contribution is 0.0698. The molecule has 3 rings (SSSR count). The minimum atomic E-state index is -0.00784. The monoisotopic (exact) mass is 330 g/mol. The molecule has 2 aliphatic heterocycles. The number of hydrogen-bond donors (Lipinski definition) is 0. The molecule has 0 saturated carbocycles. The van der Waals surface area contributed by atoms with Gasteiger partial charge in [-0.25, -0.2) is 4.98 Å². The summed E-state index contributed by atoms with van der Waals surface area (Å²) < 4.78 is 0. The number of carbonyl (C=O) groups is 1. The van der Waals surface area contributed by atoms with Crippen molar-refractivity contribution in [1.29, 1.82) is 0 Å². The van der Waals surface area contributed by atoms with E-state index in [1.165, 1.54) is 11.3 Å². The molecule has 0 aromatic carbocycles. The fourth-order valence-electron chi connectivity index (χ4n) is 2.25. The Morgan fingerprint density at radius 3 is 2.70 bits per heavy atom. The van der Waals surface area contributed by atoms with Crippen molar-refractivity contribution in [2.75, 3.05) is 32.7 Å². The molecule has 1 saturated heterocycles. The highest BCUT2D eigenvalue weighted by Gasteiger charge is 2.28. The van der Waals surface area contributed by atoms with Crippen molar-refractivity contribution in [1.82, 2.24) is 14.8 Å². The van der Waals surface area contributed by atoms with E-state index in [1.807, 2.05) is 16.7 Å². The first-order valence-electron chi connectivity index (χ1n) is 6.49. The van der Waals surface area contributed by atoms with Crippen molar-refractivity contribution < 1.29 is 4.79 Å². The second-order valence-corrected chi connectivity index (χ2v) is 7.42. The van der Waals surface area contributed by atoms with Crippen molar-refractivity contribution in [2.45, 2.75) is 12.2 Å². The van der Waals surface area contributed by atoms with Gasteiger partial charge in [0.25, 0.3) is 5.91 Å². The molecule has 2 aliphatic rings. The van der Waals surface area contributed by atoms with Crippen molar-refractivity contribution >= 4 is 45.8 Å². The highest BCUT2D eigenvalue weighted by molar-refractivity contribution is 8.14. The quantitative estimate of drug-likeness (QED) is 0.790. The van der Waals surface area contributed by atoms with E-state index in [0.717, 1.165) is 24.8 Å². The molecule has 0 aliphatic carbocycles. The highest BCUT2D eigenvalue weighted by Crippen LogP contribution is 2.25. The maximum absolute atomic E-state index is 12.3. The number of halogens is 1. The third kappa shape index (κ3) is 2.80. The third-order valence-corrected chi connectivity index (χ3v) is 5.71. The fraction of sp³-hybridized carbons (Fsp3) is 0.583. The SMILES string of the molecule is C[C@@H]1CN=C(N2CCN(C(=O)c3scnc3Cl)CC2)S1. The van der Waals surface area contributed by atoms with Gasteiger partial charge >= 0.3 is 0 Å². The molecule has 1 aromatic rings. The summed E-state index contributed by atoms with van der Waals surface area (Å²) in [5.41, 5.74) is 1.61.